The van der Waals surface area contributed by atoms with Crippen LogP contribution in [0.4, 0.5) is 9.57 Å². The first-order valence-electron chi connectivity index (χ1n) is 6.50. The van der Waals surface area contributed by atoms with Crippen LogP contribution in [0.1, 0.15) is 11.1 Å². The Balaban J connectivity index is 2.13. The van der Waals surface area contributed by atoms with E-state index in [2.05, 4.69) is 0 Å². The number of rotatable bonds is 5. The highest BCUT2D eigenvalue weighted by Crippen LogP contribution is 2.16. The lowest BCUT2D eigenvalue weighted by molar-refractivity contribution is -0.384. The smallest absolute Gasteiger partial charge is 0.258 e. The molecule has 0 N–H and O–H groups in total. The number of halogens is 1. The summed E-state index contributed by atoms with van der Waals surface area (Å²) in [6, 6.07) is 11.6. The van der Waals surface area contributed by atoms with Gasteiger partial charge in [0, 0.05) is 12.1 Å². The number of nitro benzene ring substituents is 1. The second-order valence-corrected chi connectivity index (χ2v) is 5.93. The van der Waals surface area contributed by atoms with E-state index in [9.17, 15) is 22.4 Å². The molecular formula is C16H12FNO4S. The molecular weight excluding hydrogens is 321 g/mol. The second-order valence-electron chi connectivity index (χ2n) is 4.58. The van der Waals surface area contributed by atoms with Crippen molar-refractivity contribution >= 4 is 28.1 Å². The number of nitrogens with zero attached hydrogens (tertiary/aromatic N) is 1. The standard InChI is InChI=1S/C16H12FNO4S/c17-23(21,22)16-10-4-8-14(12-16)6-2-1-5-13-7-3-9-15(11-13)18(19)20/h1-12H/b5-1+,6-2+. The van der Waals surface area contributed by atoms with Gasteiger partial charge in [-0.25, -0.2) is 0 Å². The maximum absolute atomic E-state index is 12.9. The second kappa shape index (κ2) is 6.97. The summed E-state index contributed by atoms with van der Waals surface area (Å²) in [5.74, 6) is 0. The molecule has 7 heteroatoms. The van der Waals surface area contributed by atoms with Gasteiger partial charge >= 0.3 is 10.2 Å². The SMILES string of the molecule is O=[N+]([O-])c1cccc(/C=C/C=C/c2cccc(S(=O)(=O)F)c2)c1. The van der Waals surface area contributed by atoms with Crippen molar-refractivity contribution in [1.29, 1.82) is 0 Å². The van der Waals surface area contributed by atoms with Crippen LogP contribution in [-0.4, -0.2) is 13.3 Å². The van der Waals surface area contributed by atoms with Gasteiger partial charge in [-0.05, 0) is 23.3 Å². The van der Waals surface area contributed by atoms with E-state index in [1.165, 1.54) is 30.3 Å². The summed E-state index contributed by atoms with van der Waals surface area (Å²) in [4.78, 5) is 9.79. The van der Waals surface area contributed by atoms with E-state index in [1.807, 2.05) is 0 Å². The van der Waals surface area contributed by atoms with Gasteiger partial charge < -0.3 is 0 Å². The van der Waals surface area contributed by atoms with Crippen LogP contribution in [0.2, 0.25) is 0 Å². The Bertz CT molecular complexity index is 888. The van der Waals surface area contributed by atoms with Gasteiger partial charge in [0.1, 0.15) is 0 Å². The normalized spacial score (nSPS) is 12.0. The fraction of sp³-hybridized carbons (Fsp3) is 0. The first-order valence-corrected chi connectivity index (χ1v) is 7.88. The Labute approximate surface area is 132 Å². The largest absolute Gasteiger partial charge is 0.332 e. The summed E-state index contributed by atoms with van der Waals surface area (Å²) in [6.45, 7) is 0. The molecule has 0 aliphatic heterocycles. The van der Waals surface area contributed by atoms with Crippen molar-refractivity contribution in [3.05, 3.63) is 81.9 Å². The van der Waals surface area contributed by atoms with Crippen molar-refractivity contribution in [1.82, 2.24) is 0 Å². The minimum Gasteiger partial charge on any atom is -0.258 e. The zero-order valence-electron chi connectivity index (χ0n) is 11.8. The third-order valence-corrected chi connectivity index (χ3v) is 3.73. The number of benzene rings is 2. The molecule has 0 heterocycles. The van der Waals surface area contributed by atoms with Crippen molar-refractivity contribution in [3.8, 4) is 0 Å². The minimum absolute atomic E-state index is 0.00279. The summed E-state index contributed by atoms with van der Waals surface area (Å²) in [5, 5.41) is 10.7. The highest BCUT2D eigenvalue weighted by atomic mass is 32.3. The van der Waals surface area contributed by atoms with E-state index in [-0.39, 0.29) is 5.69 Å². The molecule has 23 heavy (non-hydrogen) atoms. The van der Waals surface area contributed by atoms with Crippen LogP contribution in [0, 0.1) is 10.1 Å². The maximum atomic E-state index is 12.9. The Kier molecular flexibility index (Phi) is 5.02. The number of hydrogen-bond donors (Lipinski definition) is 0. The monoisotopic (exact) mass is 333 g/mol. The van der Waals surface area contributed by atoms with Crippen LogP contribution in [0.5, 0.6) is 0 Å². The minimum atomic E-state index is -4.73. The van der Waals surface area contributed by atoms with Gasteiger partial charge in [-0.1, -0.05) is 48.6 Å². The van der Waals surface area contributed by atoms with Crippen LogP contribution in [-0.2, 0) is 10.2 Å². The molecule has 0 aliphatic carbocycles. The molecule has 0 bridgehead atoms. The average molecular weight is 333 g/mol. The summed E-state index contributed by atoms with van der Waals surface area (Å²) < 4.78 is 34.5. The molecule has 0 fully saturated rings. The molecule has 2 aromatic rings. The van der Waals surface area contributed by atoms with Crippen molar-refractivity contribution in [2.45, 2.75) is 4.90 Å². The van der Waals surface area contributed by atoms with Crippen LogP contribution >= 0.6 is 0 Å². The molecule has 5 nitrogen and oxygen atoms in total. The van der Waals surface area contributed by atoms with Gasteiger partial charge in [0.2, 0.25) is 0 Å². The van der Waals surface area contributed by atoms with Gasteiger partial charge in [0.15, 0.2) is 0 Å². The van der Waals surface area contributed by atoms with Crippen molar-refractivity contribution in [2.24, 2.45) is 0 Å². The molecule has 0 unspecified atom stereocenters. The van der Waals surface area contributed by atoms with E-state index in [0.717, 1.165) is 0 Å². The van der Waals surface area contributed by atoms with Gasteiger partial charge in [0.05, 0.1) is 9.82 Å². The number of nitro groups is 1. The Morgan fingerprint density at radius 2 is 1.52 bits per heavy atom. The van der Waals surface area contributed by atoms with Gasteiger partial charge in [-0.3, -0.25) is 10.1 Å². The van der Waals surface area contributed by atoms with Gasteiger partial charge in [-0.2, -0.15) is 8.42 Å². The van der Waals surface area contributed by atoms with Gasteiger partial charge in [0.25, 0.3) is 5.69 Å². The third-order valence-electron chi connectivity index (χ3n) is 2.91. The summed E-state index contributed by atoms with van der Waals surface area (Å²) >= 11 is 0. The lowest BCUT2D eigenvalue weighted by atomic mass is 10.1. The number of non-ortho nitro benzene ring substituents is 1. The maximum Gasteiger partial charge on any atom is 0.332 e. The summed E-state index contributed by atoms with van der Waals surface area (Å²) in [5.41, 5.74) is 1.17. The molecule has 0 radical (unpaired) electrons. The zero-order chi connectivity index (χ0) is 16.9. The van der Waals surface area contributed by atoms with Crippen LogP contribution in [0.15, 0.2) is 65.6 Å². The average Bonchev–Trinajstić information content (AvgIpc) is 2.51. The predicted molar refractivity (Wildman–Crippen MR) is 85.9 cm³/mol. The molecule has 118 valence electrons. The van der Waals surface area contributed by atoms with E-state index >= 15 is 0 Å². The first-order chi connectivity index (χ1) is 10.9. The Hall–Kier alpha value is -2.80. The molecule has 0 spiro atoms. The molecule has 0 aliphatic rings. The number of hydrogen-bond acceptors (Lipinski definition) is 4. The highest BCUT2D eigenvalue weighted by molar-refractivity contribution is 7.86. The fourth-order valence-electron chi connectivity index (χ4n) is 1.85. The molecule has 0 saturated heterocycles. The van der Waals surface area contributed by atoms with Crippen molar-refractivity contribution in [2.75, 3.05) is 0 Å². The van der Waals surface area contributed by atoms with Crippen LogP contribution < -0.4 is 0 Å². The summed E-state index contributed by atoms with van der Waals surface area (Å²) in [7, 11) is -4.73. The van der Waals surface area contributed by atoms with E-state index in [0.29, 0.717) is 11.1 Å². The van der Waals surface area contributed by atoms with E-state index in [1.54, 1.807) is 42.5 Å². The van der Waals surface area contributed by atoms with Crippen molar-refractivity contribution in [3.63, 3.8) is 0 Å². The van der Waals surface area contributed by atoms with E-state index < -0.39 is 20.0 Å². The third kappa shape index (κ3) is 4.86. The van der Waals surface area contributed by atoms with Crippen molar-refractivity contribution < 1.29 is 17.2 Å². The lowest BCUT2D eigenvalue weighted by Crippen LogP contribution is -1.91. The predicted octanol–water partition coefficient (Wildman–Crippen LogP) is 3.98. The molecule has 0 saturated carbocycles. The molecule has 0 amide bonds. The van der Waals surface area contributed by atoms with Crippen LogP contribution in [0.3, 0.4) is 0 Å². The zero-order valence-corrected chi connectivity index (χ0v) is 12.6. The molecule has 0 aromatic heterocycles. The fourth-order valence-corrected chi connectivity index (χ4v) is 2.36. The summed E-state index contributed by atoms with van der Waals surface area (Å²) in [6.07, 6.45) is 6.54. The number of allylic oxidation sites excluding steroid dienone is 2. The van der Waals surface area contributed by atoms with E-state index in [4.69, 9.17) is 0 Å². The molecule has 0 atom stereocenters. The first kappa shape index (κ1) is 16.6. The highest BCUT2D eigenvalue weighted by Gasteiger charge is 2.10. The topological polar surface area (TPSA) is 77.3 Å². The van der Waals surface area contributed by atoms with Crippen LogP contribution in [0.25, 0.3) is 12.2 Å². The Morgan fingerprint density at radius 1 is 0.957 bits per heavy atom. The Morgan fingerprint density at radius 3 is 2.09 bits per heavy atom. The lowest BCUT2D eigenvalue weighted by Gasteiger charge is -1.96. The molecule has 2 rings (SSSR count). The van der Waals surface area contributed by atoms with Gasteiger partial charge in [-0.15, -0.1) is 3.89 Å². The molecule has 2 aromatic carbocycles. The quantitative estimate of drug-likeness (QED) is 0.359.